The second-order valence-corrected chi connectivity index (χ2v) is 8.50. The van der Waals surface area contributed by atoms with E-state index in [4.69, 9.17) is 4.74 Å². The number of para-hydroxylation sites is 1. The molecule has 0 unspecified atom stereocenters. The highest BCUT2D eigenvalue weighted by molar-refractivity contribution is 7.89. The molecular formula is C19H21NO3S. The average Bonchev–Trinajstić information content (AvgIpc) is 3.19. The molecular weight excluding hydrogens is 322 g/mol. The van der Waals surface area contributed by atoms with Gasteiger partial charge in [0.05, 0.1) is 4.90 Å². The van der Waals surface area contributed by atoms with E-state index in [0.29, 0.717) is 22.5 Å². The molecule has 0 saturated heterocycles. The molecule has 2 fully saturated rings. The maximum absolute atomic E-state index is 12.6. The summed E-state index contributed by atoms with van der Waals surface area (Å²) in [6, 6.07) is 16.1. The van der Waals surface area contributed by atoms with Crippen molar-refractivity contribution in [1.82, 2.24) is 4.72 Å². The Balaban J connectivity index is 1.45. The predicted octanol–water partition coefficient (Wildman–Crippen LogP) is 3.95. The van der Waals surface area contributed by atoms with Crippen LogP contribution in [-0.2, 0) is 10.0 Å². The van der Waals surface area contributed by atoms with Gasteiger partial charge in [0, 0.05) is 6.04 Å². The van der Waals surface area contributed by atoms with Gasteiger partial charge >= 0.3 is 0 Å². The van der Waals surface area contributed by atoms with Gasteiger partial charge in [0.25, 0.3) is 0 Å². The fourth-order valence-corrected chi connectivity index (χ4v) is 5.29. The molecule has 2 aliphatic carbocycles. The summed E-state index contributed by atoms with van der Waals surface area (Å²) in [5, 5.41) is 0. The van der Waals surface area contributed by atoms with Crippen LogP contribution in [0, 0.1) is 11.8 Å². The second kappa shape index (κ2) is 6.22. The Bertz CT molecular complexity index is 802. The Kier molecular flexibility index (Phi) is 4.06. The van der Waals surface area contributed by atoms with E-state index in [-0.39, 0.29) is 6.04 Å². The minimum atomic E-state index is -3.46. The first-order valence-electron chi connectivity index (χ1n) is 8.45. The van der Waals surface area contributed by atoms with E-state index in [0.717, 1.165) is 18.6 Å². The van der Waals surface area contributed by atoms with E-state index in [1.165, 1.54) is 12.8 Å². The van der Waals surface area contributed by atoms with Gasteiger partial charge in [-0.3, -0.25) is 0 Å². The van der Waals surface area contributed by atoms with Crippen LogP contribution in [0.5, 0.6) is 11.5 Å². The highest BCUT2D eigenvalue weighted by atomic mass is 32.2. The van der Waals surface area contributed by atoms with E-state index in [1.54, 1.807) is 24.3 Å². The third kappa shape index (κ3) is 3.19. The van der Waals surface area contributed by atoms with Crippen LogP contribution in [0.15, 0.2) is 59.5 Å². The van der Waals surface area contributed by atoms with E-state index in [2.05, 4.69) is 4.72 Å². The lowest BCUT2D eigenvalue weighted by Crippen LogP contribution is -2.38. The minimum absolute atomic E-state index is 0.106. The molecule has 4 rings (SSSR count). The van der Waals surface area contributed by atoms with Crippen LogP contribution < -0.4 is 9.46 Å². The Morgan fingerprint density at radius 1 is 0.875 bits per heavy atom. The summed E-state index contributed by atoms with van der Waals surface area (Å²) in [5.74, 6) is 2.59. The lowest BCUT2D eigenvalue weighted by molar-refractivity contribution is 0.390. The van der Waals surface area contributed by atoms with E-state index in [1.807, 2.05) is 30.3 Å². The molecule has 5 heteroatoms. The van der Waals surface area contributed by atoms with E-state index >= 15 is 0 Å². The maximum Gasteiger partial charge on any atom is 0.240 e. The second-order valence-electron chi connectivity index (χ2n) is 6.79. The normalized spacial score (nSPS) is 25.8. The molecule has 0 radical (unpaired) electrons. The van der Waals surface area contributed by atoms with Crippen LogP contribution in [0.2, 0.25) is 0 Å². The Labute approximate surface area is 142 Å². The van der Waals surface area contributed by atoms with Crippen molar-refractivity contribution in [3.8, 4) is 11.5 Å². The lowest BCUT2D eigenvalue weighted by Gasteiger charge is -2.22. The number of hydrogen-bond acceptors (Lipinski definition) is 3. The fraction of sp³-hybridized carbons (Fsp3) is 0.368. The van der Waals surface area contributed by atoms with Crippen LogP contribution in [-0.4, -0.2) is 14.5 Å². The highest BCUT2D eigenvalue weighted by Crippen LogP contribution is 2.44. The van der Waals surface area contributed by atoms with Crippen molar-refractivity contribution < 1.29 is 13.2 Å². The van der Waals surface area contributed by atoms with Crippen LogP contribution >= 0.6 is 0 Å². The topological polar surface area (TPSA) is 55.4 Å². The number of hydrogen-bond donors (Lipinski definition) is 1. The summed E-state index contributed by atoms with van der Waals surface area (Å²) < 4.78 is 33.8. The molecule has 0 amide bonds. The smallest absolute Gasteiger partial charge is 0.240 e. The molecule has 4 nitrogen and oxygen atoms in total. The molecule has 24 heavy (non-hydrogen) atoms. The first kappa shape index (κ1) is 15.7. The summed E-state index contributed by atoms with van der Waals surface area (Å²) in [4.78, 5) is 0.297. The number of sulfonamides is 1. The van der Waals surface area contributed by atoms with Crippen LogP contribution in [0.1, 0.15) is 25.7 Å². The molecule has 3 atom stereocenters. The minimum Gasteiger partial charge on any atom is -0.457 e. The van der Waals surface area contributed by atoms with Gasteiger partial charge in [-0.05, 0) is 67.5 Å². The third-order valence-electron chi connectivity index (χ3n) is 5.16. The van der Waals surface area contributed by atoms with Crippen molar-refractivity contribution in [2.24, 2.45) is 11.8 Å². The van der Waals surface area contributed by atoms with Crippen LogP contribution in [0.4, 0.5) is 0 Å². The van der Waals surface area contributed by atoms with Gasteiger partial charge in [-0.15, -0.1) is 0 Å². The summed E-state index contributed by atoms with van der Waals surface area (Å²) in [7, 11) is -3.46. The quantitative estimate of drug-likeness (QED) is 0.894. The summed E-state index contributed by atoms with van der Waals surface area (Å²) in [5.41, 5.74) is 0. The number of rotatable bonds is 5. The lowest BCUT2D eigenvalue weighted by atomic mass is 9.96. The van der Waals surface area contributed by atoms with Crippen molar-refractivity contribution in [2.45, 2.75) is 36.6 Å². The number of benzene rings is 2. The molecule has 1 N–H and O–H groups in total. The maximum atomic E-state index is 12.6. The molecule has 126 valence electrons. The summed E-state index contributed by atoms with van der Waals surface area (Å²) in [6.07, 6.45) is 4.58. The first-order valence-corrected chi connectivity index (χ1v) is 9.94. The molecule has 0 aromatic heterocycles. The van der Waals surface area contributed by atoms with Crippen LogP contribution in [0.25, 0.3) is 0 Å². The Morgan fingerprint density at radius 2 is 1.58 bits per heavy atom. The van der Waals surface area contributed by atoms with Crippen molar-refractivity contribution in [1.29, 1.82) is 0 Å². The van der Waals surface area contributed by atoms with Gasteiger partial charge in [0.2, 0.25) is 10.0 Å². The number of fused-ring (bicyclic) bond motifs is 2. The Morgan fingerprint density at radius 3 is 2.21 bits per heavy atom. The van der Waals surface area contributed by atoms with Gasteiger partial charge in [-0.25, -0.2) is 13.1 Å². The number of nitrogens with one attached hydrogen (secondary N) is 1. The fourth-order valence-electron chi connectivity index (χ4n) is 3.97. The molecule has 0 aliphatic heterocycles. The standard InChI is InChI=1S/C19H21NO3S/c21-24(22,20-19-13-14-6-7-15(19)12-14)18-10-8-17(9-11-18)23-16-4-2-1-3-5-16/h1-5,8-11,14-15,19-20H,6-7,12-13H2/t14-,15-,19+/m1/s1. The zero-order chi connectivity index (χ0) is 16.6. The third-order valence-corrected chi connectivity index (χ3v) is 6.66. The van der Waals surface area contributed by atoms with Gasteiger partial charge in [-0.2, -0.15) is 0 Å². The van der Waals surface area contributed by atoms with Crippen molar-refractivity contribution in [3.63, 3.8) is 0 Å². The molecule has 2 aromatic rings. The van der Waals surface area contributed by atoms with Crippen molar-refractivity contribution >= 4 is 10.0 Å². The van der Waals surface area contributed by atoms with Gasteiger partial charge in [0.15, 0.2) is 0 Å². The van der Waals surface area contributed by atoms with E-state index in [9.17, 15) is 8.42 Å². The molecule has 2 saturated carbocycles. The summed E-state index contributed by atoms with van der Waals surface area (Å²) >= 11 is 0. The summed E-state index contributed by atoms with van der Waals surface area (Å²) in [6.45, 7) is 0. The van der Waals surface area contributed by atoms with Gasteiger partial charge in [-0.1, -0.05) is 24.6 Å². The van der Waals surface area contributed by atoms with Crippen LogP contribution in [0.3, 0.4) is 0 Å². The van der Waals surface area contributed by atoms with Crippen molar-refractivity contribution in [3.05, 3.63) is 54.6 Å². The van der Waals surface area contributed by atoms with Gasteiger partial charge < -0.3 is 4.74 Å². The van der Waals surface area contributed by atoms with Gasteiger partial charge in [0.1, 0.15) is 11.5 Å². The first-order chi connectivity index (χ1) is 11.6. The van der Waals surface area contributed by atoms with Crippen molar-refractivity contribution in [2.75, 3.05) is 0 Å². The Hall–Kier alpha value is -1.85. The predicted molar refractivity (Wildman–Crippen MR) is 92.5 cm³/mol. The number of ether oxygens (including phenoxy) is 1. The molecule has 0 spiro atoms. The zero-order valence-electron chi connectivity index (χ0n) is 13.4. The molecule has 2 aliphatic rings. The molecule has 0 heterocycles. The average molecular weight is 343 g/mol. The van der Waals surface area contributed by atoms with E-state index < -0.39 is 10.0 Å². The largest absolute Gasteiger partial charge is 0.457 e. The highest BCUT2D eigenvalue weighted by Gasteiger charge is 2.41. The molecule has 2 bridgehead atoms. The zero-order valence-corrected chi connectivity index (χ0v) is 14.2. The monoisotopic (exact) mass is 343 g/mol. The molecule has 2 aromatic carbocycles. The SMILES string of the molecule is O=S(=O)(N[C@H]1C[C@@H]2CC[C@@H]1C2)c1ccc(Oc2ccccc2)cc1.